The van der Waals surface area contributed by atoms with Crippen molar-refractivity contribution in [3.05, 3.63) is 10.1 Å². The Labute approximate surface area is 74.1 Å². The average Bonchev–Trinajstić information content (AvgIpc) is 0.918. The van der Waals surface area contributed by atoms with Crippen molar-refractivity contribution in [2.24, 2.45) is 5.34 Å². The van der Waals surface area contributed by atoms with E-state index in [-0.39, 0.29) is 59.8 Å². The number of hydrogen-bond acceptors (Lipinski definition) is 3. The minimum atomic E-state index is 0. The first-order valence-electron chi connectivity index (χ1n) is 0.365. The maximum atomic E-state index is 8.00. The van der Waals surface area contributed by atoms with Gasteiger partial charge in [-0.15, -0.1) is 5.34 Å². The SMILES string of the molecule is B.O=N[O-].[K+]. The van der Waals surface area contributed by atoms with Gasteiger partial charge in [0, 0.05) is 0 Å². The second-order valence-corrected chi connectivity index (χ2v) is 0.0745. The summed E-state index contributed by atoms with van der Waals surface area (Å²) >= 11 is 0. The van der Waals surface area contributed by atoms with Gasteiger partial charge in [0.1, 0.15) is 0 Å². The maximum absolute atomic E-state index is 8.00. The summed E-state index contributed by atoms with van der Waals surface area (Å²) in [6, 6.07) is 0. The molecule has 0 aromatic carbocycles. The van der Waals surface area contributed by atoms with E-state index < -0.39 is 0 Å². The smallest absolute Gasteiger partial charge is 0.444 e. The van der Waals surface area contributed by atoms with Crippen LogP contribution in [-0.2, 0) is 0 Å². The molecule has 0 bridgehead atoms. The number of nitrogens with zero attached hydrogens (tertiary/aromatic N) is 1. The monoisotopic (exact) mass is 99.0 g/mol. The predicted molar refractivity (Wildman–Crippen MR) is 19.1 cm³/mol. The first-order chi connectivity index (χ1) is 1.41. The summed E-state index contributed by atoms with van der Waals surface area (Å²) < 4.78 is 0. The van der Waals surface area contributed by atoms with Gasteiger partial charge >= 0.3 is 51.4 Å². The van der Waals surface area contributed by atoms with Crippen LogP contribution in [0.15, 0.2) is 5.34 Å². The van der Waals surface area contributed by atoms with E-state index in [0.29, 0.717) is 0 Å². The van der Waals surface area contributed by atoms with Crippen molar-refractivity contribution in [3.8, 4) is 0 Å². The van der Waals surface area contributed by atoms with Crippen LogP contribution in [0.2, 0.25) is 0 Å². The van der Waals surface area contributed by atoms with Crippen molar-refractivity contribution in [2.75, 3.05) is 0 Å². The fourth-order valence-corrected chi connectivity index (χ4v) is 0. The van der Waals surface area contributed by atoms with E-state index in [1.165, 1.54) is 0 Å². The second-order valence-electron chi connectivity index (χ2n) is 0.0745. The Kier molecular flexibility index (Phi) is 64.2. The Hall–Kier alpha value is 1.10. The second kappa shape index (κ2) is 19.4. The molecule has 0 atom stereocenters. The van der Waals surface area contributed by atoms with E-state index in [4.69, 9.17) is 10.1 Å². The molecule has 0 aliphatic heterocycles. The van der Waals surface area contributed by atoms with Crippen LogP contribution in [0.25, 0.3) is 0 Å². The van der Waals surface area contributed by atoms with Crippen LogP contribution in [0.3, 0.4) is 0 Å². The topological polar surface area (TPSA) is 52.5 Å². The molecule has 5 heavy (non-hydrogen) atoms. The molecule has 0 spiro atoms. The summed E-state index contributed by atoms with van der Waals surface area (Å²) in [6.07, 6.45) is 0. The van der Waals surface area contributed by atoms with Crippen molar-refractivity contribution in [1.82, 2.24) is 0 Å². The van der Waals surface area contributed by atoms with Crippen LogP contribution < -0.4 is 51.4 Å². The van der Waals surface area contributed by atoms with Crippen LogP contribution in [0.4, 0.5) is 0 Å². The van der Waals surface area contributed by atoms with Crippen molar-refractivity contribution < 1.29 is 51.4 Å². The van der Waals surface area contributed by atoms with E-state index in [0.717, 1.165) is 5.34 Å². The molecule has 24 valence electrons. The molecule has 3 nitrogen and oxygen atoms in total. The molecule has 0 aromatic heterocycles. The predicted octanol–water partition coefficient (Wildman–Crippen LogP) is -3.93. The van der Waals surface area contributed by atoms with E-state index in [9.17, 15) is 0 Å². The molecule has 0 aromatic rings. The Morgan fingerprint density at radius 3 is 1.60 bits per heavy atom. The van der Waals surface area contributed by atoms with Gasteiger partial charge in [-0.2, -0.15) is 0 Å². The molecule has 0 unspecified atom stereocenters. The van der Waals surface area contributed by atoms with Gasteiger partial charge in [0.25, 0.3) is 0 Å². The van der Waals surface area contributed by atoms with Crippen molar-refractivity contribution in [3.63, 3.8) is 0 Å². The first kappa shape index (κ1) is 16.5. The third-order valence-electron chi connectivity index (χ3n) is 0. The van der Waals surface area contributed by atoms with E-state index in [1.807, 2.05) is 0 Å². The van der Waals surface area contributed by atoms with Crippen molar-refractivity contribution in [2.45, 2.75) is 0 Å². The Morgan fingerprint density at radius 2 is 1.60 bits per heavy atom. The van der Waals surface area contributed by atoms with Gasteiger partial charge < -0.3 is 10.1 Å². The van der Waals surface area contributed by atoms with Gasteiger partial charge in [0.2, 0.25) is 0 Å². The molecular formula is H3BKNO2. The van der Waals surface area contributed by atoms with E-state index in [2.05, 4.69) is 0 Å². The summed E-state index contributed by atoms with van der Waals surface area (Å²) in [5.74, 6) is 0. The molecule has 0 fully saturated rings. The van der Waals surface area contributed by atoms with Gasteiger partial charge in [-0.05, 0) is 0 Å². The summed E-state index contributed by atoms with van der Waals surface area (Å²) in [4.78, 5) is 8.00. The number of rotatable bonds is 0. The van der Waals surface area contributed by atoms with Gasteiger partial charge in [0.15, 0.2) is 0 Å². The van der Waals surface area contributed by atoms with Crippen LogP contribution in [-0.4, -0.2) is 8.41 Å². The molecule has 0 saturated heterocycles. The van der Waals surface area contributed by atoms with Crippen LogP contribution in [0, 0.1) is 10.1 Å². The van der Waals surface area contributed by atoms with Gasteiger partial charge in [-0.1, -0.05) is 0 Å². The molecule has 5 heteroatoms. The summed E-state index contributed by atoms with van der Waals surface area (Å²) in [6.45, 7) is 0. The van der Waals surface area contributed by atoms with Crippen molar-refractivity contribution in [1.29, 1.82) is 0 Å². The van der Waals surface area contributed by atoms with Crippen LogP contribution >= 0.6 is 0 Å². The largest absolute Gasteiger partial charge is 1.00 e. The summed E-state index contributed by atoms with van der Waals surface area (Å²) in [5, 5.41) is 9.00. The summed E-state index contributed by atoms with van der Waals surface area (Å²) in [7, 11) is 0. The zero-order chi connectivity index (χ0) is 2.71. The van der Waals surface area contributed by atoms with Gasteiger partial charge in [-0.3, -0.25) is 0 Å². The Morgan fingerprint density at radius 1 is 1.60 bits per heavy atom. The molecular weight excluding hydrogens is 95.9 g/mol. The van der Waals surface area contributed by atoms with Gasteiger partial charge in [-0.25, -0.2) is 0 Å². The molecule has 0 aliphatic carbocycles. The fraction of sp³-hybridized carbons (Fsp3) is 0. The first-order valence-corrected chi connectivity index (χ1v) is 0.365. The summed E-state index contributed by atoms with van der Waals surface area (Å²) in [5.41, 5.74) is 0. The fourth-order valence-electron chi connectivity index (χ4n) is 0. The van der Waals surface area contributed by atoms with E-state index >= 15 is 0 Å². The van der Waals surface area contributed by atoms with Gasteiger partial charge in [0.05, 0.1) is 8.41 Å². The standard InChI is InChI=1S/BH3.K.HNO2/c;;2-1-3/h1H3;;(H,2,3)/q;+1;/p-1. The van der Waals surface area contributed by atoms with E-state index in [1.54, 1.807) is 0 Å². The Bertz CT molecular complexity index is 17.1. The zero-order valence-electron chi connectivity index (χ0n) is 2.26. The third kappa shape index (κ3) is 40.5. The number of hydrogen-bond donors (Lipinski definition) is 0. The molecule has 0 heterocycles. The molecule has 0 N–H and O–H groups in total. The average molecular weight is 98.9 g/mol. The zero-order valence-corrected chi connectivity index (χ0v) is 5.39. The molecule has 0 saturated carbocycles. The Balaban J connectivity index is -0.0000000200. The third-order valence-corrected chi connectivity index (χ3v) is 0. The maximum Gasteiger partial charge on any atom is 1.00 e. The minimum absolute atomic E-state index is 0. The molecule has 0 aliphatic rings. The minimum Gasteiger partial charge on any atom is -0.444 e. The van der Waals surface area contributed by atoms with Crippen molar-refractivity contribution >= 4 is 8.41 Å². The normalized spacial score (nSPS) is 2.40. The molecule has 0 amide bonds. The molecule has 0 rings (SSSR count). The van der Waals surface area contributed by atoms with Crippen LogP contribution in [0.1, 0.15) is 0 Å². The van der Waals surface area contributed by atoms with Crippen LogP contribution in [0.5, 0.6) is 0 Å². The molecule has 0 radical (unpaired) electrons. The quantitative estimate of drug-likeness (QED) is 0.177.